The van der Waals surface area contributed by atoms with Crippen molar-refractivity contribution in [1.29, 1.82) is 0 Å². The minimum atomic E-state index is -0.429. The zero-order chi connectivity index (χ0) is 40.1. The van der Waals surface area contributed by atoms with E-state index in [1.54, 1.807) is 12.3 Å². The molecule has 0 aliphatic carbocycles. The van der Waals surface area contributed by atoms with Crippen molar-refractivity contribution in [3.8, 4) is 28.6 Å². The normalized spacial score (nSPS) is 14.9. The van der Waals surface area contributed by atoms with E-state index in [0.29, 0.717) is 65.3 Å². The van der Waals surface area contributed by atoms with Gasteiger partial charge in [0.15, 0.2) is 5.82 Å². The van der Waals surface area contributed by atoms with Crippen LogP contribution < -0.4 is 21.9 Å². The minimum Gasteiger partial charge on any atom is -0.508 e. The van der Waals surface area contributed by atoms with Crippen molar-refractivity contribution in [3.05, 3.63) is 121 Å². The summed E-state index contributed by atoms with van der Waals surface area (Å²) in [6.07, 6.45) is 6.45. The van der Waals surface area contributed by atoms with E-state index in [9.17, 15) is 24.6 Å². The van der Waals surface area contributed by atoms with Crippen LogP contribution in [0.1, 0.15) is 78.6 Å². The average molecular weight is 770 g/mol. The summed E-state index contributed by atoms with van der Waals surface area (Å²) >= 11 is 0. The van der Waals surface area contributed by atoms with E-state index in [4.69, 9.17) is 5.73 Å². The number of carbonyl (C=O) groups is 1. The number of aromatic amines is 3. The molecule has 0 unspecified atom stereocenters. The number of fused-ring (bicyclic) bond motifs is 2. The number of likely N-dealkylation sites (tertiary alicyclic amines) is 1. The molecule has 0 radical (unpaired) electrons. The monoisotopic (exact) mass is 769 g/mol. The first-order valence-electron chi connectivity index (χ1n) is 19.5. The highest BCUT2D eigenvalue weighted by Crippen LogP contribution is 2.42. The lowest BCUT2D eigenvalue weighted by Crippen LogP contribution is -2.41. The number of phenolic OH excluding ortho intramolecular Hbond substituents is 2. The zero-order valence-corrected chi connectivity index (χ0v) is 32.5. The van der Waals surface area contributed by atoms with E-state index in [2.05, 4.69) is 44.0 Å². The van der Waals surface area contributed by atoms with Gasteiger partial charge in [-0.1, -0.05) is 32.9 Å². The van der Waals surface area contributed by atoms with Crippen LogP contribution in [-0.2, 0) is 19.3 Å². The highest BCUT2D eigenvalue weighted by molar-refractivity contribution is 5.94. The molecule has 3 aromatic heterocycles. The molecule has 14 heteroatoms. The number of hydrogen-bond acceptors (Lipinski definition) is 9. The number of anilines is 2. The Morgan fingerprint density at radius 1 is 1.00 bits per heavy atom. The molecule has 57 heavy (non-hydrogen) atoms. The summed E-state index contributed by atoms with van der Waals surface area (Å²) in [4.78, 5) is 53.2. The van der Waals surface area contributed by atoms with Crippen molar-refractivity contribution in [2.24, 2.45) is 5.92 Å². The molecule has 3 aromatic carbocycles. The lowest BCUT2D eigenvalue weighted by Gasteiger charge is -2.41. The molecule has 1 fully saturated rings. The van der Waals surface area contributed by atoms with Gasteiger partial charge in [0.25, 0.3) is 11.5 Å². The number of amides is 1. The van der Waals surface area contributed by atoms with E-state index in [1.165, 1.54) is 21.9 Å². The van der Waals surface area contributed by atoms with E-state index in [0.717, 1.165) is 48.1 Å². The quantitative estimate of drug-likeness (QED) is 0.104. The number of nitrogens with one attached hydrogen (secondary N) is 3. The van der Waals surface area contributed by atoms with Crippen LogP contribution in [0.3, 0.4) is 0 Å². The van der Waals surface area contributed by atoms with Gasteiger partial charge in [-0.25, -0.2) is 14.5 Å². The predicted octanol–water partition coefficient (Wildman–Crippen LogP) is 5.90. The number of piperidine rings is 1. The van der Waals surface area contributed by atoms with Crippen molar-refractivity contribution in [3.63, 3.8) is 0 Å². The molecule has 14 nitrogen and oxygen atoms in total. The Labute approximate surface area is 328 Å². The number of nitrogens with two attached hydrogens (primary N) is 1. The van der Waals surface area contributed by atoms with Crippen LogP contribution in [0.5, 0.6) is 11.5 Å². The molecule has 8 rings (SSSR count). The minimum absolute atomic E-state index is 0.00818. The number of rotatable bonds is 9. The molecular formula is C43H47N9O5. The second-order valence-corrected chi connectivity index (χ2v) is 15.4. The Hall–Kier alpha value is -6.57. The van der Waals surface area contributed by atoms with E-state index >= 15 is 0 Å². The largest absolute Gasteiger partial charge is 0.508 e. The van der Waals surface area contributed by atoms with Gasteiger partial charge >= 0.3 is 5.69 Å². The van der Waals surface area contributed by atoms with Crippen LogP contribution in [0.15, 0.2) is 81.7 Å². The highest BCUT2D eigenvalue weighted by Gasteiger charge is 2.32. The molecule has 294 valence electrons. The Balaban J connectivity index is 0.944. The molecule has 0 saturated carbocycles. The van der Waals surface area contributed by atoms with Crippen LogP contribution in [0, 0.1) is 5.92 Å². The van der Waals surface area contributed by atoms with Gasteiger partial charge in [-0.15, -0.1) is 0 Å². The van der Waals surface area contributed by atoms with Crippen LogP contribution in [0.2, 0.25) is 0 Å². The Morgan fingerprint density at radius 3 is 2.47 bits per heavy atom. The molecule has 7 N–H and O–H groups in total. The average Bonchev–Trinajstić information content (AvgIpc) is 3.79. The van der Waals surface area contributed by atoms with Crippen molar-refractivity contribution in [2.75, 3.05) is 30.8 Å². The standard InChI is InChI=1S/C43H47N9O5/c1-5-25-18-29-19-30(52-39(48-49-43(52)57)32-20-31(23(2)3)34(53)21-35(32)54)12-13-33(29)50(4)37(25)26-14-16-51(17-15-26)41(56)27-9-6-24(7-10-27)8-11-28-22-45-38-36(28)40(55)47-42(44)46-38/h6-7,9-10,12-13,19-23,26,53-54H,5,8,11,14-18H2,1-4H3,(H,49,57)(H4,44,45,46,47,55). The lowest BCUT2D eigenvalue weighted by molar-refractivity contribution is 0.0701. The van der Waals surface area contributed by atoms with Crippen LogP contribution in [0.4, 0.5) is 11.6 Å². The van der Waals surface area contributed by atoms with Gasteiger partial charge in [0.1, 0.15) is 17.1 Å². The van der Waals surface area contributed by atoms with Gasteiger partial charge in [-0.3, -0.25) is 14.6 Å². The van der Waals surface area contributed by atoms with E-state index in [1.807, 2.05) is 61.2 Å². The molecule has 1 amide bonds. The Kier molecular flexibility index (Phi) is 9.72. The number of phenols is 2. The van der Waals surface area contributed by atoms with Gasteiger partial charge in [0.2, 0.25) is 5.95 Å². The third kappa shape index (κ3) is 6.85. The van der Waals surface area contributed by atoms with Crippen molar-refractivity contribution in [2.45, 2.75) is 65.2 Å². The molecule has 0 atom stereocenters. The number of hydrogen-bond donors (Lipinski definition) is 6. The van der Waals surface area contributed by atoms with E-state index in [-0.39, 0.29) is 40.7 Å². The number of carbonyl (C=O) groups excluding carboxylic acids is 1. The van der Waals surface area contributed by atoms with Gasteiger partial charge in [0.05, 0.1) is 16.6 Å². The summed E-state index contributed by atoms with van der Waals surface area (Å²) < 4.78 is 1.46. The Bertz CT molecular complexity index is 2660. The number of H-pyrrole nitrogens is 3. The van der Waals surface area contributed by atoms with Crippen molar-refractivity contribution >= 4 is 28.6 Å². The third-order valence-corrected chi connectivity index (χ3v) is 11.6. The van der Waals surface area contributed by atoms with Gasteiger partial charge < -0.3 is 30.7 Å². The summed E-state index contributed by atoms with van der Waals surface area (Å²) in [7, 11) is 2.10. The summed E-state index contributed by atoms with van der Waals surface area (Å²) in [5, 5.41) is 28.6. The molecule has 6 aromatic rings. The molecule has 5 heterocycles. The van der Waals surface area contributed by atoms with Crippen molar-refractivity contribution < 1.29 is 15.0 Å². The number of aromatic hydroxyl groups is 2. The summed E-state index contributed by atoms with van der Waals surface area (Å²) in [6.45, 7) is 7.39. The molecule has 2 aliphatic rings. The van der Waals surface area contributed by atoms with Gasteiger partial charge in [-0.05, 0) is 109 Å². The number of aryl methyl sites for hydroxylation is 2. The molecule has 0 bridgehead atoms. The molecule has 1 saturated heterocycles. The van der Waals surface area contributed by atoms with Crippen LogP contribution in [-0.4, -0.2) is 70.9 Å². The smallest absolute Gasteiger partial charge is 0.348 e. The Morgan fingerprint density at radius 2 is 1.75 bits per heavy atom. The van der Waals surface area contributed by atoms with Crippen LogP contribution in [0.25, 0.3) is 28.1 Å². The third-order valence-electron chi connectivity index (χ3n) is 11.6. The maximum absolute atomic E-state index is 13.6. The predicted molar refractivity (Wildman–Crippen MR) is 220 cm³/mol. The summed E-state index contributed by atoms with van der Waals surface area (Å²) in [5.41, 5.74) is 14.5. The van der Waals surface area contributed by atoms with Gasteiger partial charge in [-0.2, -0.15) is 10.1 Å². The van der Waals surface area contributed by atoms with Crippen LogP contribution >= 0.6 is 0 Å². The SMILES string of the molecule is CCC1=C(C2CCN(C(=O)c3ccc(CCc4c[nH]c5nc(N)[nH]c(=O)c45)cc3)CC2)N(C)c2ccc(-n3c(-c4cc(C(C)C)c(O)cc4O)n[nH]c3=O)cc2C1. The first kappa shape index (κ1) is 37.4. The highest BCUT2D eigenvalue weighted by atomic mass is 16.3. The first-order valence-corrected chi connectivity index (χ1v) is 19.5. The maximum Gasteiger partial charge on any atom is 0.348 e. The first-order chi connectivity index (χ1) is 27.4. The summed E-state index contributed by atoms with van der Waals surface area (Å²) in [5.74, 6) is 0.480. The number of nitrogen functional groups attached to an aromatic ring is 1. The van der Waals surface area contributed by atoms with Gasteiger partial charge in [0, 0.05) is 55.3 Å². The van der Waals surface area contributed by atoms with E-state index < -0.39 is 5.69 Å². The molecular weight excluding hydrogens is 723 g/mol. The van der Waals surface area contributed by atoms with Crippen molar-refractivity contribution in [1.82, 2.24) is 34.6 Å². The molecule has 0 spiro atoms. The zero-order valence-electron chi connectivity index (χ0n) is 32.5. The second-order valence-electron chi connectivity index (χ2n) is 15.4. The topological polar surface area (TPSA) is 202 Å². The maximum atomic E-state index is 13.6. The fourth-order valence-electron chi connectivity index (χ4n) is 8.64. The summed E-state index contributed by atoms with van der Waals surface area (Å²) in [6, 6.07) is 16.7. The number of aromatic nitrogens is 6. The molecule has 2 aliphatic heterocycles. The number of allylic oxidation sites excluding steroid dienone is 2. The fraction of sp³-hybridized carbons (Fsp3) is 0.326. The fourth-order valence-corrected chi connectivity index (χ4v) is 8.64. The number of benzene rings is 3. The number of nitrogens with zero attached hydrogens (tertiary/aromatic N) is 5. The lowest BCUT2D eigenvalue weighted by atomic mass is 9.84. The second kappa shape index (κ2) is 14.8.